The normalized spacial score (nSPS) is 22.8. The molecule has 184 valence electrons. The summed E-state index contributed by atoms with van der Waals surface area (Å²) in [5.74, 6) is -0.0847. The molecule has 2 aliphatic heterocycles. The molecule has 0 saturated carbocycles. The number of ether oxygens (including phenoxy) is 1. The van der Waals surface area contributed by atoms with Crippen LogP contribution in [0.3, 0.4) is 0 Å². The lowest BCUT2D eigenvalue weighted by Gasteiger charge is -2.35. The molecule has 2 aliphatic rings. The van der Waals surface area contributed by atoms with E-state index in [1.165, 1.54) is 4.90 Å². The van der Waals surface area contributed by atoms with Crippen LogP contribution in [0, 0.1) is 0 Å². The molecule has 7 nitrogen and oxygen atoms in total. The molecule has 37 heavy (non-hydrogen) atoms. The molecule has 0 spiro atoms. The number of pyridine rings is 1. The van der Waals surface area contributed by atoms with Gasteiger partial charge in [0.25, 0.3) is 5.91 Å². The summed E-state index contributed by atoms with van der Waals surface area (Å²) in [7, 11) is 0. The summed E-state index contributed by atoms with van der Waals surface area (Å²) in [5.41, 5.74) is 1.36. The van der Waals surface area contributed by atoms with Crippen molar-refractivity contribution in [2.45, 2.75) is 24.5 Å². The van der Waals surface area contributed by atoms with Gasteiger partial charge < -0.3 is 4.74 Å². The van der Waals surface area contributed by atoms with Crippen LogP contribution in [0.2, 0.25) is 0 Å². The summed E-state index contributed by atoms with van der Waals surface area (Å²) in [6, 6.07) is 29.1. The van der Waals surface area contributed by atoms with Crippen LogP contribution in [0.5, 0.6) is 5.75 Å². The zero-order valence-electron chi connectivity index (χ0n) is 20.2. The maximum absolute atomic E-state index is 14.6. The number of benzene rings is 3. The summed E-state index contributed by atoms with van der Waals surface area (Å²) >= 11 is 0. The first-order valence-electron chi connectivity index (χ1n) is 12.2. The van der Waals surface area contributed by atoms with Gasteiger partial charge >= 0.3 is 0 Å². The molecule has 0 aliphatic carbocycles. The van der Waals surface area contributed by atoms with Crippen LogP contribution < -0.4 is 14.7 Å². The highest BCUT2D eigenvalue weighted by Gasteiger charge is 2.72. The van der Waals surface area contributed by atoms with Crippen LogP contribution in [0.25, 0.3) is 0 Å². The summed E-state index contributed by atoms with van der Waals surface area (Å²) in [6.45, 7) is 2.43. The fraction of sp³-hybridized carbons (Fsp3) is 0.167. The number of hydrogen-bond acceptors (Lipinski definition) is 6. The molecule has 3 heterocycles. The van der Waals surface area contributed by atoms with Crippen molar-refractivity contribution in [1.82, 2.24) is 4.98 Å². The lowest BCUT2D eigenvalue weighted by Crippen LogP contribution is -2.46. The first-order valence-corrected chi connectivity index (χ1v) is 12.2. The number of aromatic nitrogens is 1. The Labute approximate surface area is 214 Å². The lowest BCUT2D eigenvalue weighted by molar-refractivity contribution is -0.126. The van der Waals surface area contributed by atoms with Crippen molar-refractivity contribution in [3.63, 3.8) is 0 Å². The van der Waals surface area contributed by atoms with Crippen molar-refractivity contribution in [3.05, 3.63) is 121 Å². The van der Waals surface area contributed by atoms with Crippen molar-refractivity contribution < 1.29 is 19.2 Å². The third-order valence-electron chi connectivity index (χ3n) is 6.97. The van der Waals surface area contributed by atoms with Gasteiger partial charge in [-0.3, -0.25) is 19.4 Å². The van der Waals surface area contributed by atoms with Gasteiger partial charge in [-0.2, -0.15) is 0 Å². The van der Waals surface area contributed by atoms with Crippen molar-refractivity contribution in [1.29, 1.82) is 0 Å². The predicted octanol–water partition coefficient (Wildman–Crippen LogP) is 4.85. The quantitative estimate of drug-likeness (QED) is 0.359. The van der Waals surface area contributed by atoms with Gasteiger partial charge in [-0.1, -0.05) is 54.6 Å². The highest BCUT2D eigenvalue weighted by molar-refractivity contribution is 6.28. The van der Waals surface area contributed by atoms with Crippen molar-refractivity contribution in [2.75, 3.05) is 16.6 Å². The predicted molar refractivity (Wildman–Crippen MR) is 139 cm³/mol. The standard InChI is InChI=1S/C30H25N3O4/c1-2-36-25-17-15-23(16-18-25)32-28(34)27-30(29(32)35,22-11-5-3-6-12-22)26(21-10-9-19-31-20-21)33(37-27)24-13-7-4-8-14-24/h3-20,26-27H,2H2,1H3. The molecule has 0 N–H and O–H groups in total. The fourth-order valence-electron chi connectivity index (χ4n) is 5.43. The van der Waals surface area contributed by atoms with Crippen LogP contribution in [0.15, 0.2) is 109 Å². The molecule has 2 fully saturated rings. The lowest BCUT2D eigenvalue weighted by atomic mass is 9.69. The summed E-state index contributed by atoms with van der Waals surface area (Å²) < 4.78 is 5.55. The van der Waals surface area contributed by atoms with E-state index in [9.17, 15) is 9.59 Å². The maximum atomic E-state index is 14.6. The highest BCUT2D eigenvalue weighted by Crippen LogP contribution is 2.57. The van der Waals surface area contributed by atoms with Crippen molar-refractivity contribution >= 4 is 23.2 Å². The fourth-order valence-corrected chi connectivity index (χ4v) is 5.43. The SMILES string of the molecule is CCOc1ccc(N2C(=O)C3ON(c4ccccc4)C(c4cccnc4)C3(c3ccccc3)C2=O)cc1. The number of anilines is 2. The molecule has 1 aromatic heterocycles. The maximum Gasteiger partial charge on any atom is 0.267 e. The van der Waals surface area contributed by atoms with E-state index < -0.39 is 23.5 Å². The molecule has 4 aromatic rings. The number of rotatable bonds is 6. The van der Waals surface area contributed by atoms with E-state index in [4.69, 9.17) is 9.57 Å². The number of imide groups is 1. The number of amides is 2. The van der Waals surface area contributed by atoms with E-state index in [0.29, 0.717) is 23.6 Å². The Kier molecular flexibility index (Phi) is 5.70. The van der Waals surface area contributed by atoms with Crippen LogP contribution in [-0.4, -0.2) is 29.5 Å². The zero-order valence-corrected chi connectivity index (χ0v) is 20.2. The van der Waals surface area contributed by atoms with Gasteiger partial charge in [0.2, 0.25) is 5.91 Å². The van der Waals surface area contributed by atoms with E-state index in [0.717, 1.165) is 11.3 Å². The molecule has 3 aromatic carbocycles. The van der Waals surface area contributed by atoms with E-state index in [1.54, 1.807) is 41.7 Å². The van der Waals surface area contributed by atoms with Crippen molar-refractivity contribution in [2.24, 2.45) is 0 Å². The second kappa shape index (κ2) is 9.19. The molecule has 3 atom stereocenters. The molecule has 3 unspecified atom stereocenters. The van der Waals surface area contributed by atoms with Gasteiger partial charge in [-0.25, -0.2) is 9.96 Å². The van der Waals surface area contributed by atoms with Gasteiger partial charge in [0, 0.05) is 12.4 Å². The minimum atomic E-state index is -1.34. The van der Waals surface area contributed by atoms with Crippen LogP contribution in [0.4, 0.5) is 11.4 Å². The number of carbonyl (C=O) groups is 2. The van der Waals surface area contributed by atoms with Crippen LogP contribution in [-0.2, 0) is 19.8 Å². The number of para-hydroxylation sites is 1. The number of nitrogens with zero attached hydrogens (tertiary/aromatic N) is 3. The summed E-state index contributed by atoms with van der Waals surface area (Å²) in [6.07, 6.45) is 2.35. The van der Waals surface area contributed by atoms with Gasteiger partial charge in [0.1, 0.15) is 17.2 Å². The molecule has 6 rings (SSSR count). The minimum absolute atomic E-state index is 0.342. The number of fused-ring (bicyclic) bond motifs is 1. The average Bonchev–Trinajstić information content (AvgIpc) is 3.42. The molecule has 2 amide bonds. The monoisotopic (exact) mass is 491 g/mol. The molecule has 0 radical (unpaired) electrons. The zero-order chi connectivity index (χ0) is 25.4. The second-order valence-electron chi connectivity index (χ2n) is 8.98. The molecule has 2 saturated heterocycles. The van der Waals surface area contributed by atoms with E-state index in [2.05, 4.69) is 4.98 Å². The Morgan fingerprint density at radius 2 is 1.57 bits per heavy atom. The number of hydroxylamine groups is 1. The molecule has 0 bridgehead atoms. The van der Waals surface area contributed by atoms with Gasteiger partial charge in [0.05, 0.1) is 18.0 Å². The Balaban J connectivity index is 1.56. The van der Waals surface area contributed by atoms with Crippen molar-refractivity contribution in [3.8, 4) is 5.75 Å². The summed E-state index contributed by atoms with van der Waals surface area (Å²) in [5, 5.41) is 1.69. The van der Waals surface area contributed by atoms with E-state index in [-0.39, 0.29) is 5.91 Å². The van der Waals surface area contributed by atoms with Gasteiger partial charge in [-0.05, 0) is 60.5 Å². The van der Waals surface area contributed by atoms with E-state index in [1.807, 2.05) is 79.7 Å². The second-order valence-corrected chi connectivity index (χ2v) is 8.98. The number of carbonyl (C=O) groups excluding carboxylic acids is 2. The topological polar surface area (TPSA) is 72.0 Å². The smallest absolute Gasteiger partial charge is 0.267 e. The molecular weight excluding hydrogens is 466 g/mol. The third kappa shape index (κ3) is 3.50. The Morgan fingerprint density at radius 3 is 2.22 bits per heavy atom. The van der Waals surface area contributed by atoms with Gasteiger partial charge in [-0.15, -0.1) is 0 Å². The Bertz CT molecular complexity index is 1410. The first-order chi connectivity index (χ1) is 18.2. The highest BCUT2D eigenvalue weighted by atomic mass is 16.7. The Morgan fingerprint density at radius 1 is 0.865 bits per heavy atom. The minimum Gasteiger partial charge on any atom is -0.494 e. The van der Waals surface area contributed by atoms with Crippen LogP contribution >= 0.6 is 0 Å². The van der Waals surface area contributed by atoms with Gasteiger partial charge in [0.15, 0.2) is 6.10 Å². The number of hydrogen-bond donors (Lipinski definition) is 0. The van der Waals surface area contributed by atoms with Crippen LogP contribution in [0.1, 0.15) is 24.1 Å². The first kappa shape index (κ1) is 22.9. The largest absolute Gasteiger partial charge is 0.494 e. The summed E-state index contributed by atoms with van der Waals surface area (Å²) in [4.78, 5) is 40.7. The third-order valence-corrected chi connectivity index (χ3v) is 6.97. The van der Waals surface area contributed by atoms with E-state index >= 15 is 0 Å². The molecular formula is C30H25N3O4. The molecule has 7 heteroatoms. The average molecular weight is 492 g/mol. The Hall–Kier alpha value is -4.49.